The van der Waals surface area contributed by atoms with Gasteiger partial charge in [-0.25, -0.2) is 4.98 Å². The normalized spacial score (nSPS) is 26.4. The first-order valence-electron chi connectivity index (χ1n) is 11.9. The van der Waals surface area contributed by atoms with Crippen LogP contribution in [0.5, 0.6) is 0 Å². The minimum atomic E-state index is -0.254. The number of rotatable bonds is 6. The van der Waals surface area contributed by atoms with Crippen molar-refractivity contribution in [2.75, 3.05) is 32.7 Å². The van der Waals surface area contributed by atoms with E-state index in [1.807, 2.05) is 40.1 Å². The Balaban J connectivity index is 1.25. The van der Waals surface area contributed by atoms with Gasteiger partial charge in [-0.05, 0) is 38.8 Å². The largest absolute Gasteiger partial charge is 0.340 e. The third-order valence-corrected chi connectivity index (χ3v) is 7.29. The first-order valence-corrected chi connectivity index (χ1v) is 11.9. The van der Waals surface area contributed by atoms with E-state index in [4.69, 9.17) is 4.98 Å². The standard InChI is InChI=1S/C24H32N6O2/c1-2-28-12-6-10-19(28)16-29-15-18(14-21(29)31)24(32)30-13-7-11-20(30)23-25-22(26-27-23)17-8-4-3-5-9-17/h3-5,8-9,18-20H,2,6-7,10-16H2,1H3,(H,25,26,27). The predicted octanol–water partition coefficient (Wildman–Crippen LogP) is 2.47. The second kappa shape index (κ2) is 9.02. The molecule has 4 heterocycles. The van der Waals surface area contributed by atoms with Crippen molar-refractivity contribution in [3.05, 3.63) is 36.2 Å². The highest BCUT2D eigenvalue weighted by Crippen LogP contribution is 2.34. The molecule has 0 radical (unpaired) electrons. The fraction of sp³-hybridized carbons (Fsp3) is 0.583. The van der Waals surface area contributed by atoms with Gasteiger partial charge >= 0.3 is 0 Å². The van der Waals surface area contributed by atoms with Gasteiger partial charge in [0.25, 0.3) is 0 Å². The molecule has 3 aliphatic heterocycles. The number of carbonyl (C=O) groups excluding carboxylic acids is 2. The fourth-order valence-corrected chi connectivity index (χ4v) is 5.58. The molecule has 0 bridgehead atoms. The highest BCUT2D eigenvalue weighted by atomic mass is 16.2. The molecule has 2 amide bonds. The van der Waals surface area contributed by atoms with Crippen molar-refractivity contribution < 1.29 is 9.59 Å². The summed E-state index contributed by atoms with van der Waals surface area (Å²) in [6.07, 6.45) is 4.47. The second-order valence-electron chi connectivity index (χ2n) is 9.22. The third kappa shape index (κ3) is 4.03. The third-order valence-electron chi connectivity index (χ3n) is 7.29. The van der Waals surface area contributed by atoms with Crippen LogP contribution in [0.15, 0.2) is 30.3 Å². The van der Waals surface area contributed by atoms with Crippen LogP contribution in [0.3, 0.4) is 0 Å². The van der Waals surface area contributed by atoms with E-state index in [0.717, 1.165) is 50.3 Å². The van der Waals surface area contributed by atoms with Gasteiger partial charge in [0.05, 0.1) is 12.0 Å². The summed E-state index contributed by atoms with van der Waals surface area (Å²) in [4.78, 5) is 37.1. The highest BCUT2D eigenvalue weighted by molar-refractivity contribution is 5.89. The molecule has 3 atom stereocenters. The van der Waals surface area contributed by atoms with E-state index < -0.39 is 0 Å². The van der Waals surface area contributed by atoms with Crippen molar-refractivity contribution >= 4 is 11.8 Å². The van der Waals surface area contributed by atoms with E-state index in [1.165, 1.54) is 6.42 Å². The number of hydrogen-bond acceptors (Lipinski definition) is 5. The van der Waals surface area contributed by atoms with Gasteiger partial charge < -0.3 is 9.80 Å². The van der Waals surface area contributed by atoms with Crippen LogP contribution in [0.2, 0.25) is 0 Å². The molecule has 1 aromatic carbocycles. The molecule has 1 aromatic heterocycles. The molecule has 32 heavy (non-hydrogen) atoms. The maximum absolute atomic E-state index is 13.4. The van der Waals surface area contributed by atoms with E-state index in [0.29, 0.717) is 31.4 Å². The van der Waals surface area contributed by atoms with Crippen LogP contribution in [0.25, 0.3) is 11.4 Å². The van der Waals surface area contributed by atoms with Crippen molar-refractivity contribution in [3.8, 4) is 11.4 Å². The van der Waals surface area contributed by atoms with Gasteiger partial charge in [-0.3, -0.25) is 19.6 Å². The maximum Gasteiger partial charge on any atom is 0.228 e. The van der Waals surface area contributed by atoms with E-state index in [2.05, 4.69) is 22.0 Å². The molecule has 8 heteroatoms. The minimum Gasteiger partial charge on any atom is -0.340 e. The van der Waals surface area contributed by atoms with Gasteiger partial charge in [0.15, 0.2) is 5.82 Å². The summed E-state index contributed by atoms with van der Waals surface area (Å²) in [5, 5.41) is 7.44. The lowest BCUT2D eigenvalue weighted by Gasteiger charge is -2.28. The van der Waals surface area contributed by atoms with Crippen LogP contribution in [-0.4, -0.2) is 80.5 Å². The van der Waals surface area contributed by atoms with Crippen LogP contribution in [0.1, 0.15) is 50.9 Å². The second-order valence-corrected chi connectivity index (χ2v) is 9.22. The lowest BCUT2D eigenvalue weighted by molar-refractivity contribution is -0.136. The molecule has 3 aliphatic rings. The van der Waals surface area contributed by atoms with Crippen LogP contribution < -0.4 is 0 Å². The van der Waals surface area contributed by atoms with Crippen molar-refractivity contribution in [2.45, 2.75) is 51.1 Å². The molecule has 5 rings (SSSR count). The van der Waals surface area contributed by atoms with Crippen molar-refractivity contribution in [1.29, 1.82) is 0 Å². The number of nitrogens with zero attached hydrogens (tertiary/aromatic N) is 5. The molecule has 3 fully saturated rings. The lowest BCUT2D eigenvalue weighted by Crippen LogP contribution is -2.42. The molecule has 1 N–H and O–H groups in total. The molecule has 2 aromatic rings. The lowest BCUT2D eigenvalue weighted by atomic mass is 10.1. The molecular weight excluding hydrogens is 404 g/mol. The van der Waals surface area contributed by atoms with E-state index >= 15 is 0 Å². The summed E-state index contributed by atoms with van der Waals surface area (Å²) in [5.74, 6) is 1.34. The Morgan fingerprint density at radius 2 is 1.97 bits per heavy atom. The number of carbonyl (C=O) groups is 2. The van der Waals surface area contributed by atoms with Gasteiger partial charge in [-0.2, -0.15) is 5.10 Å². The summed E-state index contributed by atoms with van der Waals surface area (Å²) in [6, 6.07) is 10.2. The smallest absolute Gasteiger partial charge is 0.228 e. The Kier molecular flexibility index (Phi) is 5.95. The summed E-state index contributed by atoms with van der Waals surface area (Å²) in [5.41, 5.74) is 0.955. The number of aromatic amines is 1. The SMILES string of the molecule is CCN1CCCC1CN1CC(C(=O)N2CCCC2c2nc(-c3ccccc3)n[nH]2)CC1=O. The van der Waals surface area contributed by atoms with Crippen LogP contribution >= 0.6 is 0 Å². The molecule has 170 valence electrons. The number of nitrogens with one attached hydrogen (secondary N) is 1. The number of aromatic nitrogens is 3. The van der Waals surface area contributed by atoms with Gasteiger partial charge in [-0.1, -0.05) is 37.3 Å². The average molecular weight is 437 g/mol. The van der Waals surface area contributed by atoms with Gasteiger partial charge in [0.1, 0.15) is 5.82 Å². The molecular formula is C24H32N6O2. The molecule has 0 spiro atoms. The number of benzene rings is 1. The van der Waals surface area contributed by atoms with Crippen molar-refractivity contribution in [3.63, 3.8) is 0 Å². The van der Waals surface area contributed by atoms with E-state index in [9.17, 15) is 9.59 Å². The Morgan fingerprint density at radius 1 is 1.16 bits per heavy atom. The van der Waals surface area contributed by atoms with Crippen LogP contribution in [-0.2, 0) is 9.59 Å². The first-order chi connectivity index (χ1) is 15.6. The molecule has 3 unspecified atom stereocenters. The first kappa shape index (κ1) is 21.1. The van der Waals surface area contributed by atoms with E-state index in [1.54, 1.807) is 0 Å². The van der Waals surface area contributed by atoms with Gasteiger partial charge in [-0.15, -0.1) is 0 Å². The Hall–Kier alpha value is -2.74. The summed E-state index contributed by atoms with van der Waals surface area (Å²) in [6.45, 7) is 6.32. The number of likely N-dealkylation sites (tertiary alicyclic amines) is 3. The predicted molar refractivity (Wildman–Crippen MR) is 120 cm³/mol. The number of likely N-dealkylation sites (N-methyl/N-ethyl adjacent to an activating group) is 1. The summed E-state index contributed by atoms with van der Waals surface area (Å²) >= 11 is 0. The zero-order valence-corrected chi connectivity index (χ0v) is 18.7. The molecule has 0 saturated carbocycles. The number of amides is 2. The number of H-pyrrole nitrogens is 1. The maximum atomic E-state index is 13.4. The zero-order chi connectivity index (χ0) is 22.1. The Morgan fingerprint density at radius 3 is 2.78 bits per heavy atom. The van der Waals surface area contributed by atoms with Crippen LogP contribution in [0, 0.1) is 5.92 Å². The highest BCUT2D eigenvalue weighted by Gasteiger charge is 2.42. The summed E-state index contributed by atoms with van der Waals surface area (Å²) in [7, 11) is 0. The monoisotopic (exact) mass is 436 g/mol. The van der Waals surface area contributed by atoms with Crippen molar-refractivity contribution in [1.82, 2.24) is 29.9 Å². The van der Waals surface area contributed by atoms with Crippen LogP contribution in [0.4, 0.5) is 0 Å². The number of hydrogen-bond donors (Lipinski definition) is 1. The fourth-order valence-electron chi connectivity index (χ4n) is 5.58. The summed E-state index contributed by atoms with van der Waals surface area (Å²) < 4.78 is 0. The minimum absolute atomic E-state index is 0.0831. The van der Waals surface area contributed by atoms with Gasteiger partial charge in [0.2, 0.25) is 11.8 Å². The Labute approximate surface area is 189 Å². The van der Waals surface area contributed by atoms with Crippen molar-refractivity contribution in [2.24, 2.45) is 5.92 Å². The zero-order valence-electron chi connectivity index (χ0n) is 18.7. The van der Waals surface area contributed by atoms with Gasteiger partial charge in [0, 0.05) is 37.7 Å². The average Bonchev–Trinajstić information content (AvgIpc) is 3.61. The Bertz CT molecular complexity index is 960. The molecule has 3 saturated heterocycles. The quantitative estimate of drug-likeness (QED) is 0.752. The van der Waals surface area contributed by atoms with E-state index in [-0.39, 0.29) is 23.8 Å². The topological polar surface area (TPSA) is 85.4 Å². The molecule has 0 aliphatic carbocycles. The molecule has 8 nitrogen and oxygen atoms in total.